The van der Waals surface area contributed by atoms with Gasteiger partial charge in [0.05, 0.1) is 5.56 Å². The van der Waals surface area contributed by atoms with Gasteiger partial charge in [0.2, 0.25) is 5.56 Å². The number of carbonyl (C=O) groups is 1. The minimum atomic E-state index is -0.0749. The van der Waals surface area contributed by atoms with Crippen LogP contribution in [-0.2, 0) is 7.05 Å². The smallest absolute Gasteiger partial charge is 0.255 e. The molecule has 1 aromatic heterocycles. The van der Waals surface area contributed by atoms with E-state index in [-0.39, 0.29) is 11.5 Å². The fourth-order valence-electron chi connectivity index (χ4n) is 4.48. The zero-order chi connectivity index (χ0) is 16.7. The molecule has 0 N–H and O–H groups in total. The van der Waals surface area contributed by atoms with Crippen LogP contribution in [0.1, 0.15) is 42.5 Å². The molecular weight excluding hydrogens is 302 g/mol. The van der Waals surface area contributed by atoms with Crippen LogP contribution in [-0.4, -0.2) is 52.5 Å². The summed E-state index contributed by atoms with van der Waals surface area (Å²) in [6, 6.07) is 3.67. The molecule has 1 amide bonds. The number of carbonyl (C=O) groups excluding carboxylic acids is 1. The van der Waals surface area contributed by atoms with Crippen LogP contribution in [0, 0.1) is 11.8 Å². The second-order valence-electron chi connectivity index (χ2n) is 7.93. The molecular formula is C19H27N3O2. The highest BCUT2D eigenvalue weighted by atomic mass is 16.2. The summed E-state index contributed by atoms with van der Waals surface area (Å²) in [6.45, 7) is 4.07. The number of piperidine rings is 1. The van der Waals surface area contributed by atoms with Gasteiger partial charge in [-0.3, -0.25) is 14.5 Å². The molecule has 2 atom stereocenters. The fourth-order valence-corrected chi connectivity index (χ4v) is 4.48. The summed E-state index contributed by atoms with van der Waals surface area (Å²) >= 11 is 0. The minimum absolute atomic E-state index is 0.0749. The summed E-state index contributed by atoms with van der Waals surface area (Å²) in [7, 11) is 1.70. The lowest BCUT2D eigenvalue weighted by Crippen LogP contribution is -2.47. The SMILES string of the molecule is Cn1cc(C(=O)N2C[C@H]3CC[C@@H](C2)N(CC2CCC2)C3)ccc1=O. The van der Waals surface area contributed by atoms with E-state index in [1.54, 1.807) is 19.3 Å². The van der Waals surface area contributed by atoms with Crippen LogP contribution in [0.15, 0.2) is 23.1 Å². The Balaban J connectivity index is 1.49. The Morgan fingerprint density at radius 2 is 1.96 bits per heavy atom. The lowest BCUT2D eigenvalue weighted by molar-refractivity contribution is 0.0716. The third-order valence-electron chi connectivity index (χ3n) is 6.16. The molecule has 0 radical (unpaired) electrons. The van der Waals surface area contributed by atoms with Crippen LogP contribution in [0.3, 0.4) is 0 Å². The monoisotopic (exact) mass is 329 g/mol. The number of hydrogen-bond acceptors (Lipinski definition) is 3. The topological polar surface area (TPSA) is 45.6 Å². The molecule has 2 bridgehead atoms. The predicted molar refractivity (Wildman–Crippen MR) is 93.0 cm³/mol. The Kier molecular flexibility index (Phi) is 4.21. The lowest BCUT2D eigenvalue weighted by atomic mass is 9.83. The fraction of sp³-hybridized carbons (Fsp3) is 0.684. The molecule has 1 aliphatic carbocycles. The van der Waals surface area contributed by atoms with Gasteiger partial charge < -0.3 is 9.47 Å². The van der Waals surface area contributed by atoms with Crippen molar-refractivity contribution in [3.63, 3.8) is 0 Å². The van der Waals surface area contributed by atoms with E-state index in [1.165, 1.54) is 49.3 Å². The summed E-state index contributed by atoms with van der Waals surface area (Å²) in [5.41, 5.74) is 0.554. The second-order valence-corrected chi connectivity index (χ2v) is 7.93. The van der Waals surface area contributed by atoms with Gasteiger partial charge in [0.25, 0.3) is 5.91 Å². The van der Waals surface area contributed by atoms with Crippen molar-refractivity contribution in [2.45, 2.75) is 38.1 Å². The van der Waals surface area contributed by atoms with E-state index in [0.29, 0.717) is 17.5 Å². The molecule has 4 heterocycles. The van der Waals surface area contributed by atoms with Gasteiger partial charge in [0.1, 0.15) is 0 Å². The maximum absolute atomic E-state index is 12.9. The van der Waals surface area contributed by atoms with Crippen molar-refractivity contribution in [3.05, 3.63) is 34.2 Å². The normalized spacial score (nSPS) is 27.8. The number of rotatable bonds is 3. The molecule has 1 saturated carbocycles. The lowest BCUT2D eigenvalue weighted by Gasteiger charge is -2.40. The van der Waals surface area contributed by atoms with Crippen LogP contribution in [0.4, 0.5) is 0 Å². The average molecular weight is 329 g/mol. The molecule has 24 heavy (non-hydrogen) atoms. The van der Waals surface area contributed by atoms with Gasteiger partial charge >= 0.3 is 0 Å². The van der Waals surface area contributed by atoms with Crippen molar-refractivity contribution in [3.8, 4) is 0 Å². The molecule has 130 valence electrons. The summed E-state index contributed by atoms with van der Waals surface area (Å²) in [5, 5.41) is 0. The Morgan fingerprint density at radius 3 is 2.67 bits per heavy atom. The molecule has 0 spiro atoms. The number of pyridine rings is 1. The van der Waals surface area contributed by atoms with Crippen molar-refractivity contribution in [2.75, 3.05) is 26.2 Å². The number of aromatic nitrogens is 1. The Bertz CT molecular complexity index is 679. The largest absolute Gasteiger partial charge is 0.337 e. The molecule has 4 fully saturated rings. The van der Waals surface area contributed by atoms with E-state index in [2.05, 4.69) is 4.90 Å². The molecule has 5 rings (SSSR count). The van der Waals surface area contributed by atoms with Gasteiger partial charge in [-0.2, -0.15) is 0 Å². The Labute approximate surface area is 143 Å². The van der Waals surface area contributed by atoms with E-state index in [9.17, 15) is 9.59 Å². The predicted octanol–water partition coefficient (Wildman–Crippen LogP) is 1.72. The highest BCUT2D eigenvalue weighted by molar-refractivity contribution is 5.94. The molecule has 0 unspecified atom stereocenters. The Hall–Kier alpha value is -1.62. The zero-order valence-corrected chi connectivity index (χ0v) is 14.5. The first kappa shape index (κ1) is 15.9. The van der Waals surface area contributed by atoms with E-state index < -0.39 is 0 Å². The summed E-state index contributed by atoms with van der Waals surface area (Å²) in [5.74, 6) is 1.56. The summed E-state index contributed by atoms with van der Waals surface area (Å²) in [6.07, 6.45) is 8.29. The standard InChI is InChI=1S/C19H27N3O2/c1-20-12-16(6-8-18(20)23)19(24)22-11-15-5-7-17(13-22)21(10-15)9-14-3-2-4-14/h6,8,12,14-15,17H,2-5,7,9-11,13H2,1H3/t15-,17-/m0/s1. The number of hydrogen-bond donors (Lipinski definition) is 0. The number of aryl methyl sites for hydroxylation is 1. The summed E-state index contributed by atoms with van der Waals surface area (Å²) in [4.78, 5) is 29.2. The molecule has 5 nitrogen and oxygen atoms in total. The first-order valence-corrected chi connectivity index (χ1v) is 9.30. The average Bonchev–Trinajstić information content (AvgIpc) is 2.84. The number of amides is 1. The molecule has 0 aromatic carbocycles. The van der Waals surface area contributed by atoms with Gasteiger partial charge in [-0.1, -0.05) is 6.42 Å². The molecule has 1 aromatic rings. The molecule has 3 saturated heterocycles. The maximum Gasteiger partial charge on any atom is 0.255 e. The van der Waals surface area contributed by atoms with Crippen LogP contribution in [0.25, 0.3) is 0 Å². The van der Waals surface area contributed by atoms with Crippen molar-refractivity contribution in [1.82, 2.24) is 14.4 Å². The van der Waals surface area contributed by atoms with Crippen molar-refractivity contribution >= 4 is 5.91 Å². The highest BCUT2D eigenvalue weighted by Crippen LogP contribution is 2.33. The van der Waals surface area contributed by atoms with Gasteiger partial charge in [-0.25, -0.2) is 0 Å². The first-order chi connectivity index (χ1) is 11.6. The quantitative estimate of drug-likeness (QED) is 0.848. The highest BCUT2D eigenvalue weighted by Gasteiger charge is 2.37. The van der Waals surface area contributed by atoms with Gasteiger partial charge in [0, 0.05) is 51.5 Å². The minimum Gasteiger partial charge on any atom is -0.337 e. The van der Waals surface area contributed by atoms with Gasteiger partial charge in [-0.05, 0) is 43.6 Å². The second kappa shape index (κ2) is 6.36. The van der Waals surface area contributed by atoms with E-state index in [4.69, 9.17) is 0 Å². The van der Waals surface area contributed by atoms with Crippen LogP contribution >= 0.6 is 0 Å². The van der Waals surface area contributed by atoms with Gasteiger partial charge in [-0.15, -0.1) is 0 Å². The first-order valence-electron chi connectivity index (χ1n) is 9.30. The third-order valence-corrected chi connectivity index (χ3v) is 6.16. The van der Waals surface area contributed by atoms with E-state index >= 15 is 0 Å². The Morgan fingerprint density at radius 1 is 1.12 bits per heavy atom. The van der Waals surface area contributed by atoms with Crippen LogP contribution in [0.5, 0.6) is 0 Å². The summed E-state index contributed by atoms with van der Waals surface area (Å²) < 4.78 is 1.49. The van der Waals surface area contributed by atoms with Crippen molar-refractivity contribution in [2.24, 2.45) is 18.9 Å². The van der Waals surface area contributed by atoms with Crippen molar-refractivity contribution < 1.29 is 4.79 Å². The molecule has 5 heteroatoms. The van der Waals surface area contributed by atoms with Crippen LogP contribution in [0.2, 0.25) is 0 Å². The molecule has 4 aliphatic rings. The third kappa shape index (κ3) is 3.02. The number of nitrogens with zero attached hydrogens (tertiary/aromatic N) is 3. The van der Waals surface area contributed by atoms with Crippen LogP contribution < -0.4 is 5.56 Å². The van der Waals surface area contributed by atoms with E-state index in [1.807, 2.05) is 4.90 Å². The van der Waals surface area contributed by atoms with E-state index in [0.717, 1.165) is 25.6 Å². The zero-order valence-electron chi connectivity index (χ0n) is 14.5. The van der Waals surface area contributed by atoms with Crippen molar-refractivity contribution in [1.29, 1.82) is 0 Å². The van der Waals surface area contributed by atoms with Gasteiger partial charge in [0.15, 0.2) is 0 Å². The molecule has 3 aliphatic heterocycles. The number of fused-ring (bicyclic) bond motifs is 4. The maximum atomic E-state index is 12.9.